The van der Waals surface area contributed by atoms with Crippen molar-refractivity contribution in [1.29, 1.82) is 0 Å². The molecule has 0 bridgehead atoms. The highest BCUT2D eigenvalue weighted by Gasteiger charge is 2.27. The lowest BCUT2D eigenvalue weighted by Crippen LogP contribution is -2.15. The van der Waals surface area contributed by atoms with Gasteiger partial charge in [0.2, 0.25) is 0 Å². The molecule has 92 valence electrons. The summed E-state index contributed by atoms with van der Waals surface area (Å²) in [6.45, 7) is 0. The van der Waals surface area contributed by atoms with Crippen molar-refractivity contribution in [3.8, 4) is 0 Å². The van der Waals surface area contributed by atoms with E-state index in [4.69, 9.17) is 5.11 Å². The molecule has 2 nitrogen and oxygen atoms in total. The third kappa shape index (κ3) is 2.65. The van der Waals surface area contributed by atoms with Gasteiger partial charge in [-0.2, -0.15) is 0 Å². The summed E-state index contributed by atoms with van der Waals surface area (Å²) in [4.78, 5) is 11.0. The second kappa shape index (κ2) is 5.30. The van der Waals surface area contributed by atoms with Crippen LogP contribution in [0.1, 0.15) is 54.2 Å². The van der Waals surface area contributed by atoms with Crippen LogP contribution in [0.5, 0.6) is 0 Å². The Morgan fingerprint density at radius 3 is 2.53 bits per heavy atom. The smallest absolute Gasteiger partial charge is 0.336 e. The van der Waals surface area contributed by atoms with E-state index in [2.05, 4.69) is 0 Å². The van der Waals surface area contributed by atoms with E-state index in [-0.39, 0.29) is 11.5 Å². The molecule has 1 fully saturated rings. The van der Waals surface area contributed by atoms with E-state index in [1.807, 2.05) is 0 Å². The molecule has 0 amide bonds. The van der Waals surface area contributed by atoms with Crippen molar-refractivity contribution in [2.24, 2.45) is 5.92 Å². The van der Waals surface area contributed by atoms with Crippen LogP contribution in [0, 0.1) is 5.92 Å². The highest BCUT2D eigenvalue weighted by Crippen LogP contribution is 2.38. The molecule has 1 atom stereocenters. The number of carboxylic acid groups (broad SMARTS) is 1. The van der Waals surface area contributed by atoms with Crippen LogP contribution in [-0.4, -0.2) is 11.1 Å². The minimum absolute atomic E-state index is 0.00995. The first-order chi connectivity index (χ1) is 8.20. The van der Waals surface area contributed by atoms with Gasteiger partial charge in [-0.25, -0.2) is 9.18 Å². The topological polar surface area (TPSA) is 37.3 Å². The van der Waals surface area contributed by atoms with Crippen LogP contribution in [0.4, 0.5) is 4.39 Å². The number of carbonyl (C=O) groups is 1. The fraction of sp³-hybridized carbons (Fsp3) is 0.500. The zero-order valence-corrected chi connectivity index (χ0v) is 9.73. The van der Waals surface area contributed by atoms with Gasteiger partial charge in [0.1, 0.15) is 6.17 Å². The molecule has 1 aromatic rings. The molecule has 1 aliphatic carbocycles. The highest BCUT2D eigenvalue weighted by molar-refractivity contribution is 5.89. The van der Waals surface area contributed by atoms with Gasteiger partial charge in [-0.1, -0.05) is 37.5 Å². The van der Waals surface area contributed by atoms with E-state index in [1.165, 1.54) is 12.5 Å². The minimum Gasteiger partial charge on any atom is -0.478 e. The van der Waals surface area contributed by atoms with Gasteiger partial charge in [-0.05, 0) is 24.8 Å². The molecule has 0 aliphatic heterocycles. The Morgan fingerprint density at radius 2 is 1.88 bits per heavy atom. The van der Waals surface area contributed by atoms with Crippen LogP contribution in [0.2, 0.25) is 0 Å². The molecular formula is C14H17FO2. The molecule has 0 aromatic heterocycles. The molecule has 0 radical (unpaired) electrons. The van der Waals surface area contributed by atoms with Gasteiger partial charge in [0, 0.05) is 5.56 Å². The third-order valence-corrected chi connectivity index (χ3v) is 3.55. The summed E-state index contributed by atoms with van der Waals surface area (Å²) in [5.74, 6) is -1.05. The van der Waals surface area contributed by atoms with Crippen LogP contribution in [0.25, 0.3) is 0 Å². The van der Waals surface area contributed by atoms with Crippen molar-refractivity contribution < 1.29 is 14.3 Å². The molecular weight excluding hydrogens is 219 g/mol. The largest absolute Gasteiger partial charge is 0.478 e. The van der Waals surface area contributed by atoms with Gasteiger partial charge in [-0.3, -0.25) is 0 Å². The van der Waals surface area contributed by atoms with Gasteiger partial charge in [0.05, 0.1) is 5.56 Å². The first-order valence-corrected chi connectivity index (χ1v) is 6.16. The lowest BCUT2D eigenvalue weighted by Gasteiger charge is -2.25. The van der Waals surface area contributed by atoms with E-state index in [0.29, 0.717) is 5.56 Å². The normalized spacial score (nSPS) is 18.9. The molecule has 1 aliphatic rings. The number of rotatable bonds is 3. The van der Waals surface area contributed by atoms with E-state index in [1.54, 1.807) is 18.2 Å². The van der Waals surface area contributed by atoms with Gasteiger partial charge in [0.25, 0.3) is 0 Å². The summed E-state index contributed by atoms with van der Waals surface area (Å²) in [6, 6.07) is 6.42. The molecule has 1 unspecified atom stereocenters. The Labute approximate surface area is 100 Å². The van der Waals surface area contributed by atoms with Crippen LogP contribution in [-0.2, 0) is 0 Å². The first kappa shape index (κ1) is 12.1. The van der Waals surface area contributed by atoms with E-state index in [0.717, 1.165) is 25.7 Å². The van der Waals surface area contributed by atoms with Gasteiger partial charge in [0.15, 0.2) is 0 Å². The molecule has 3 heteroatoms. The fourth-order valence-corrected chi connectivity index (χ4v) is 2.61. The average molecular weight is 236 g/mol. The Morgan fingerprint density at radius 1 is 1.24 bits per heavy atom. The zero-order valence-electron chi connectivity index (χ0n) is 9.73. The Balaban J connectivity index is 2.23. The van der Waals surface area contributed by atoms with Crippen molar-refractivity contribution in [1.82, 2.24) is 0 Å². The maximum Gasteiger partial charge on any atom is 0.336 e. The summed E-state index contributed by atoms with van der Waals surface area (Å²) < 4.78 is 14.4. The molecule has 0 spiro atoms. The molecule has 1 aromatic carbocycles. The minimum atomic E-state index is -1.14. The van der Waals surface area contributed by atoms with Crippen molar-refractivity contribution in [3.63, 3.8) is 0 Å². The maximum absolute atomic E-state index is 14.4. The number of benzene rings is 1. The van der Waals surface area contributed by atoms with Crippen LogP contribution in [0.15, 0.2) is 24.3 Å². The van der Waals surface area contributed by atoms with Crippen LogP contribution >= 0.6 is 0 Å². The van der Waals surface area contributed by atoms with Crippen molar-refractivity contribution in [3.05, 3.63) is 35.4 Å². The second-order valence-electron chi connectivity index (χ2n) is 4.69. The van der Waals surface area contributed by atoms with Crippen LogP contribution in [0.3, 0.4) is 0 Å². The summed E-state index contributed by atoms with van der Waals surface area (Å²) in [6.07, 6.45) is 3.89. The van der Waals surface area contributed by atoms with Crippen LogP contribution < -0.4 is 0 Å². The number of halogens is 1. The third-order valence-electron chi connectivity index (χ3n) is 3.55. The van der Waals surface area contributed by atoms with Gasteiger partial charge in [-0.15, -0.1) is 0 Å². The molecule has 17 heavy (non-hydrogen) atoms. The predicted molar refractivity (Wildman–Crippen MR) is 63.8 cm³/mol. The lowest BCUT2D eigenvalue weighted by atomic mass is 9.82. The molecule has 0 heterocycles. The quantitative estimate of drug-likeness (QED) is 0.862. The van der Waals surface area contributed by atoms with E-state index in [9.17, 15) is 9.18 Å². The first-order valence-electron chi connectivity index (χ1n) is 6.16. The Hall–Kier alpha value is -1.38. The number of alkyl halides is 1. The molecule has 1 N–H and O–H groups in total. The lowest BCUT2D eigenvalue weighted by molar-refractivity contribution is 0.0690. The molecule has 1 saturated carbocycles. The van der Waals surface area contributed by atoms with Gasteiger partial charge >= 0.3 is 5.97 Å². The summed E-state index contributed by atoms with van der Waals surface area (Å²) in [7, 11) is 0. The second-order valence-corrected chi connectivity index (χ2v) is 4.69. The summed E-state index contributed by atoms with van der Waals surface area (Å²) >= 11 is 0. The molecule has 2 rings (SSSR count). The predicted octanol–water partition coefficient (Wildman–Crippen LogP) is 3.98. The Kier molecular flexibility index (Phi) is 3.77. The standard InChI is InChI=1S/C14H17FO2/c15-13(10-6-2-1-3-7-10)11-8-4-5-9-12(11)14(16)17/h4-5,8-10,13H,1-3,6-7H2,(H,16,17). The van der Waals surface area contributed by atoms with Crippen molar-refractivity contribution in [2.75, 3.05) is 0 Å². The molecule has 0 saturated heterocycles. The summed E-state index contributed by atoms with van der Waals surface area (Å²) in [5.41, 5.74) is 0.442. The van der Waals surface area contributed by atoms with E-state index >= 15 is 0 Å². The number of hydrogen-bond donors (Lipinski definition) is 1. The monoisotopic (exact) mass is 236 g/mol. The average Bonchev–Trinajstić information content (AvgIpc) is 2.39. The van der Waals surface area contributed by atoms with Gasteiger partial charge < -0.3 is 5.11 Å². The fourth-order valence-electron chi connectivity index (χ4n) is 2.61. The Bertz CT molecular complexity index is 397. The maximum atomic E-state index is 14.4. The SMILES string of the molecule is O=C(O)c1ccccc1C(F)C1CCCCC1. The zero-order chi connectivity index (χ0) is 12.3. The number of carboxylic acids is 1. The number of hydrogen-bond acceptors (Lipinski definition) is 1. The summed E-state index contributed by atoms with van der Waals surface area (Å²) in [5, 5.41) is 9.05. The van der Waals surface area contributed by atoms with E-state index < -0.39 is 12.1 Å². The number of aromatic carboxylic acids is 1. The van der Waals surface area contributed by atoms with Crippen molar-refractivity contribution >= 4 is 5.97 Å². The van der Waals surface area contributed by atoms with Crippen molar-refractivity contribution in [2.45, 2.75) is 38.3 Å². The highest BCUT2D eigenvalue weighted by atomic mass is 19.1.